The Balaban J connectivity index is 1.18. The third-order valence-corrected chi connectivity index (χ3v) is 9.86. The first-order valence-electron chi connectivity index (χ1n) is 16.9. The average Bonchev–Trinajstić information content (AvgIpc) is 3.87. The lowest BCUT2D eigenvalue weighted by Gasteiger charge is -2.10. The van der Waals surface area contributed by atoms with Gasteiger partial charge in [0.2, 0.25) is 0 Å². The van der Waals surface area contributed by atoms with Gasteiger partial charge in [-0.3, -0.25) is 0 Å². The molecule has 0 radical (unpaired) electrons. The number of hydrogen-bond acceptors (Lipinski definition) is 5. The van der Waals surface area contributed by atoms with Crippen molar-refractivity contribution in [3.8, 4) is 39.9 Å². The molecule has 0 bridgehead atoms. The normalized spacial score (nSPS) is 11.9. The maximum absolute atomic E-state index is 6.29. The van der Waals surface area contributed by atoms with Crippen molar-refractivity contribution in [1.82, 2.24) is 19.5 Å². The second-order valence-corrected chi connectivity index (χ2v) is 12.8. The monoisotopic (exact) mass is 654 g/mol. The number of nitrogens with zero attached hydrogens (tertiary/aromatic N) is 4. The fourth-order valence-corrected chi connectivity index (χ4v) is 7.55. The fourth-order valence-electron chi connectivity index (χ4n) is 7.55. The SMILES string of the molecule is c1ccc(-n2c3ccccc3c3c(-c4nc(-c5ccc6c(c5)oc5ccccc56)nc(-c5ccc6c(c5)oc5ccccc56)n4)cccc32)cc1. The van der Waals surface area contributed by atoms with Crippen LogP contribution in [0, 0.1) is 0 Å². The molecule has 0 aliphatic carbocycles. The highest BCUT2D eigenvalue weighted by molar-refractivity contribution is 6.15. The predicted octanol–water partition coefficient (Wildman–Crippen LogP) is 11.8. The summed E-state index contributed by atoms with van der Waals surface area (Å²) in [7, 11) is 0. The number of fused-ring (bicyclic) bond motifs is 9. The summed E-state index contributed by atoms with van der Waals surface area (Å²) in [6, 6.07) is 53.9. The zero-order valence-electron chi connectivity index (χ0n) is 27.1. The summed E-state index contributed by atoms with van der Waals surface area (Å²) in [5.74, 6) is 1.71. The summed E-state index contributed by atoms with van der Waals surface area (Å²) in [5.41, 5.74) is 9.17. The van der Waals surface area contributed by atoms with E-state index in [1.54, 1.807) is 0 Å². The van der Waals surface area contributed by atoms with E-state index in [9.17, 15) is 0 Å². The van der Waals surface area contributed by atoms with E-state index in [0.717, 1.165) is 88.1 Å². The third kappa shape index (κ3) is 4.26. The zero-order valence-corrected chi connectivity index (χ0v) is 27.1. The molecule has 238 valence electrons. The molecule has 0 saturated carbocycles. The summed E-state index contributed by atoms with van der Waals surface area (Å²) < 4.78 is 14.9. The Labute approximate surface area is 290 Å². The highest BCUT2D eigenvalue weighted by atomic mass is 16.3. The molecule has 6 nitrogen and oxygen atoms in total. The smallest absolute Gasteiger partial charge is 0.164 e. The molecule has 4 heterocycles. The van der Waals surface area contributed by atoms with E-state index in [2.05, 4.69) is 108 Å². The van der Waals surface area contributed by atoms with Crippen LogP contribution in [-0.4, -0.2) is 19.5 Å². The van der Waals surface area contributed by atoms with Crippen LogP contribution in [0.5, 0.6) is 0 Å². The van der Waals surface area contributed by atoms with Crippen LogP contribution in [0.15, 0.2) is 167 Å². The number of para-hydroxylation sites is 4. The van der Waals surface area contributed by atoms with Crippen LogP contribution in [-0.2, 0) is 0 Å². The van der Waals surface area contributed by atoms with Gasteiger partial charge in [0.15, 0.2) is 17.5 Å². The van der Waals surface area contributed by atoms with Crippen LogP contribution in [0.2, 0.25) is 0 Å². The van der Waals surface area contributed by atoms with Crippen molar-refractivity contribution in [3.63, 3.8) is 0 Å². The molecule has 0 amide bonds. The van der Waals surface area contributed by atoms with Crippen LogP contribution in [0.25, 0.3) is 106 Å². The zero-order chi connectivity index (χ0) is 33.5. The number of rotatable bonds is 4. The topological polar surface area (TPSA) is 69.9 Å². The standard InChI is InChI=1S/C45H26N4O2/c1-2-11-29(12-3-1)49-36-17-7-4-15-34(36)42-35(16-10-18-37(42)49)45-47-43(27-21-23-32-30-13-5-8-19-38(30)50-40(32)25-27)46-44(48-45)28-22-24-33-31-14-6-9-20-39(31)51-41(33)26-28/h1-26H. The first kappa shape index (κ1) is 27.9. The Morgan fingerprint density at radius 2 is 0.882 bits per heavy atom. The van der Waals surface area contributed by atoms with Crippen molar-refractivity contribution in [2.45, 2.75) is 0 Å². The quantitative estimate of drug-likeness (QED) is 0.189. The highest BCUT2D eigenvalue weighted by Gasteiger charge is 2.20. The molecule has 7 aromatic carbocycles. The van der Waals surface area contributed by atoms with E-state index < -0.39 is 0 Å². The summed E-state index contributed by atoms with van der Waals surface area (Å²) >= 11 is 0. The van der Waals surface area contributed by atoms with E-state index >= 15 is 0 Å². The highest BCUT2D eigenvalue weighted by Crippen LogP contribution is 2.39. The molecular weight excluding hydrogens is 629 g/mol. The van der Waals surface area contributed by atoms with Crippen LogP contribution in [0.3, 0.4) is 0 Å². The second kappa shape index (κ2) is 10.7. The Kier molecular flexibility index (Phi) is 5.86. The van der Waals surface area contributed by atoms with Gasteiger partial charge in [-0.1, -0.05) is 97.1 Å². The van der Waals surface area contributed by atoms with E-state index in [0.29, 0.717) is 17.5 Å². The van der Waals surface area contributed by atoms with Gasteiger partial charge in [-0.2, -0.15) is 0 Å². The number of benzene rings is 7. The molecule has 0 unspecified atom stereocenters. The van der Waals surface area contributed by atoms with Gasteiger partial charge in [-0.15, -0.1) is 0 Å². The lowest BCUT2D eigenvalue weighted by atomic mass is 10.0. The summed E-state index contributed by atoms with van der Waals surface area (Å²) in [6.45, 7) is 0. The molecule has 11 aromatic rings. The van der Waals surface area contributed by atoms with Crippen LogP contribution < -0.4 is 0 Å². The van der Waals surface area contributed by atoms with Gasteiger partial charge in [0.25, 0.3) is 0 Å². The second-order valence-electron chi connectivity index (χ2n) is 12.8. The molecule has 0 fully saturated rings. The van der Waals surface area contributed by atoms with Crippen molar-refractivity contribution >= 4 is 65.7 Å². The maximum Gasteiger partial charge on any atom is 0.164 e. The third-order valence-electron chi connectivity index (χ3n) is 9.86. The van der Waals surface area contributed by atoms with Crippen LogP contribution in [0.4, 0.5) is 0 Å². The van der Waals surface area contributed by atoms with E-state index in [4.69, 9.17) is 23.8 Å². The molecule has 0 spiro atoms. The van der Waals surface area contributed by atoms with Crippen molar-refractivity contribution in [2.75, 3.05) is 0 Å². The fraction of sp³-hybridized carbons (Fsp3) is 0. The molecule has 0 aliphatic heterocycles. The van der Waals surface area contributed by atoms with Crippen LogP contribution in [0.1, 0.15) is 0 Å². The Morgan fingerprint density at radius 3 is 1.53 bits per heavy atom. The largest absolute Gasteiger partial charge is 0.456 e. The minimum absolute atomic E-state index is 0.561. The number of furan rings is 2. The molecule has 0 N–H and O–H groups in total. The van der Waals surface area contributed by atoms with E-state index in [1.165, 1.54) is 0 Å². The van der Waals surface area contributed by atoms with Crippen molar-refractivity contribution < 1.29 is 8.83 Å². The van der Waals surface area contributed by atoms with E-state index in [1.807, 2.05) is 54.6 Å². The number of aromatic nitrogens is 4. The van der Waals surface area contributed by atoms with Gasteiger partial charge in [-0.25, -0.2) is 15.0 Å². The lowest BCUT2D eigenvalue weighted by Crippen LogP contribution is -2.00. The molecule has 0 saturated heterocycles. The van der Waals surface area contributed by atoms with Gasteiger partial charge >= 0.3 is 0 Å². The summed E-state index contributed by atoms with van der Waals surface area (Å²) in [6.07, 6.45) is 0. The molecule has 0 atom stereocenters. The molecule has 51 heavy (non-hydrogen) atoms. The van der Waals surface area contributed by atoms with Gasteiger partial charge in [0, 0.05) is 54.7 Å². The molecular formula is C45H26N4O2. The first-order chi connectivity index (χ1) is 25.3. The Hall–Kier alpha value is -7.05. The molecule has 4 aromatic heterocycles. The van der Waals surface area contributed by atoms with Gasteiger partial charge in [0.1, 0.15) is 22.3 Å². The van der Waals surface area contributed by atoms with Crippen molar-refractivity contribution in [2.24, 2.45) is 0 Å². The summed E-state index contributed by atoms with van der Waals surface area (Å²) in [4.78, 5) is 15.5. The maximum atomic E-state index is 6.29. The van der Waals surface area contributed by atoms with Gasteiger partial charge in [0.05, 0.1) is 11.0 Å². The van der Waals surface area contributed by atoms with Gasteiger partial charge in [-0.05, 0) is 60.7 Å². The van der Waals surface area contributed by atoms with Gasteiger partial charge < -0.3 is 13.4 Å². The summed E-state index contributed by atoms with van der Waals surface area (Å²) in [5, 5.41) is 6.48. The van der Waals surface area contributed by atoms with Crippen LogP contribution >= 0.6 is 0 Å². The minimum atomic E-state index is 0.561. The average molecular weight is 655 g/mol. The first-order valence-corrected chi connectivity index (χ1v) is 16.9. The minimum Gasteiger partial charge on any atom is -0.456 e. The van der Waals surface area contributed by atoms with Crippen molar-refractivity contribution in [3.05, 3.63) is 158 Å². The Bertz CT molecular complexity index is 3020. The predicted molar refractivity (Wildman–Crippen MR) is 205 cm³/mol. The lowest BCUT2D eigenvalue weighted by molar-refractivity contribution is 0.668. The molecule has 0 aliphatic rings. The number of hydrogen-bond donors (Lipinski definition) is 0. The molecule has 6 heteroatoms. The van der Waals surface area contributed by atoms with E-state index in [-0.39, 0.29) is 0 Å². The molecule has 11 rings (SSSR count). The van der Waals surface area contributed by atoms with Crippen molar-refractivity contribution in [1.29, 1.82) is 0 Å². The Morgan fingerprint density at radius 1 is 0.373 bits per heavy atom.